The van der Waals surface area contributed by atoms with Gasteiger partial charge in [-0.15, -0.1) is 0 Å². The molecule has 1 heteroatoms. The topological polar surface area (TPSA) is 0 Å². The summed E-state index contributed by atoms with van der Waals surface area (Å²) >= 11 is -1.90. The van der Waals surface area contributed by atoms with Gasteiger partial charge in [0.05, 0.1) is 0 Å². The molecule has 0 bridgehead atoms. The van der Waals surface area contributed by atoms with Gasteiger partial charge in [0.25, 0.3) is 0 Å². The number of unbranched alkanes of at least 4 members (excludes halogenated alkanes) is 2. The molecule has 0 aromatic heterocycles. The number of hydrogen-bond acceptors (Lipinski definition) is 0. The predicted molar refractivity (Wildman–Crippen MR) is 84.6 cm³/mol. The molecule has 0 saturated heterocycles. The third kappa shape index (κ3) is 5.12. The summed E-state index contributed by atoms with van der Waals surface area (Å²) in [7, 11) is 0. The quantitative estimate of drug-likeness (QED) is 0.389. The fourth-order valence-corrected chi connectivity index (χ4v) is 22.9. The van der Waals surface area contributed by atoms with Crippen molar-refractivity contribution in [3.8, 4) is 0 Å². The fourth-order valence-electron chi connectivity index (χ4n) is 3.42. The van der Waals surface area contributed by atoms with Crippen molar-refractivity contribution < 1.29 is 0 Å². The Morgan fingerprint density at radius 1 is 0.706 bits per heavy atom. The van der Waals surface area contributed by atoms with Crippen LogP contribution in [0.15, 0.2) is 0 Å². The first-order chi connectivity index (χ1) is 8.08. The van der Waals surface area contributed by atoms with Gasteiger partial charge in [-0.1, -0.05) is 0 Å². The van der Waals surface area contributed by atoms with E-state index < -0.39 is 18.4 Å². The molecule has 0 aliphatic rings. The van der Waals surface area contributed by atoms with Crippen LogP contribution in [0.3, 0.4) is 0 Å². The summed E-state index contributed by atoms with van der Waals surface area (Å²) in [6.07, 6.45) is 8.69. The molecule has 0 spiro atoms. The van der Waals surface area contributed by atoms with Gasteiger partial charge < -0.3 is 0 Å². The van der Waals surface area contributed by atoms with E-state index in [2.05, 4.69) is 41.5 Å². The second-order valence-electron chi connectivity index (χ2n) is 6.06. The van der Waals surface area contributed by atoms with Gasteiger partial charge in [-0.3, -0.25) is 0 Å². The fraction of sp³-hybridized carbons (Fsp3) is 1.00. The summed E-state index contributed by atoms with van der Waals surface area (Å²) in [6, 6.07) is 0. The van der Waals surface area contributed by atoms with Crippen LogP contribution in [0.1, 0.15) is 80.1 Å². The van der Waals surface area contributed by atoms with Crippen LogP contribution in [0.2, 0.25) is 16.7 Å². The first-order valence-electron chi connectivity index (χ1n) is 8.08. The maximum atomic E-state index is 2.59. The summed E-state index contributed by atoms with van der Waals surface area (Å²) in [4.78, 5) is 0. The van der Waals surface area contributed by atoms with Crippen molar-refractivity contribution in [2.24, 2.45) is 0 Å². The Balaban J connectivity index is 4.90. The normalized spacial score (nSPS) is 15.9. The van der Waals surface area contributed by atoms with E-state index in [0.29, 0.717) is 0 Å². The molecule has 0 amide bonds. The Bertz CT molecular complexity index is 156. The van der Waals surface area contributed by atoms with E-state index in [1.165, 1.54) is 38.5 Å². The molecule has 0 N–H and O–H groups in total. The molecule has 0 heterocycles. The molecule has 2 atom stereocenters. The molecule has 2 unspecified atom stereocenters. The van der Waals surface area contributed by atoms with Gasteiger partial charge in [0.1, 0.15) is 0 Å². The van der Waals surface area contributed by atoms with Gasteiger partial charge >= 0.3 is 115 Å². The first kappa shape index (κ1) is 17.8. The summed E-state index contributed by atoms with van der Waals surface area (Å²) in [5, 5.41) is 0. The predicted octanol–water partition coefficient (Wildman–Crippen LogP) is 6.64. The van der Waals surface area contributed by atoms with Gasteiger partial charge in [0.15, 0.2) is 0 Å². The number of hydrogen-bond donors (Lipinski definition) is 0. The standard InChI is InChI=1S/4C4H9.Sn/c4*1-3-4-2;/h2*3H,4H2,1-2H3;2*1,3-4H2,2H3;. The van der Waals surface area contributed by atoms with E-state index in [1.807, 2.05) is 0 Å². The zero-order valence-electron chi connectivity index (χ0n) is 13.3. The molecule has 0 radical (unpaired) electrons. The average molecular weight is 347 g/mol. The second-order valence-corrected chi connectivity index (χ2v) is 21.6. The molecule has 0 aliphatic heterocycles. The van der Waals surface area contributed by atoms with Crippen LogP contribution in [-0.4, -0.2) is 18.4 Å². The van der Waals surface area contributed by atoms with E-state index >= 15 is 0 Å². The maximum absolute atomic E-state index is 2.59. The Hall–Kier alpha value is 0.799. The molecule has 0 rings (SSSR count). The molecular weight excluding hydrogens is 311 g/mol. The summed E-state index contributed by atoms with van der Waals surface area (Å²) in [5.74, 6) is 0. The van der Waals surface area contributed by atoms with Crippen molar-refractivity contribution >= 4 is 18.4 Å². The summed E-state index contributed by atoms with van der Waals surface area (Å²) < 4.78 is 5.51. The van der Waals surface area contributed by atoms with Crippen molar-refractivity contribution in [3.63, 3.8) is 0 Å². The average Bonchev–Trinajstić information content (AvgIpc) is 2.37. The zero-order chi connectivity index (χ0) is 13.3. The van der Waals surface area contributed by atoms with Gasteiger partial charge in [0.2, 0.25) is 0 Å². The van der Waals surface area contributed by atoms with Crippen LogP contribution < -0.4 is 0 Å². The monoisotopic (exact) mass is 348 g/mol. The molecule has 0 aromatic carbocycles. The number of rotatable bonds is 10. The summed E-state index contributed by atoms with van der Waals surface area (Å²) in [6.45, 7) is 14.8. The molecule has 0 saturated carbocycles. The zero-order valence-corrected chi connectivity index (χ0v) is 16.2. The minimum absolute atomic E-state index is 1.09. The van der Waals surface area contributed by atoms with Crippen LogP contribution in [-0.2, 0) is 0 Å². The molecule has 0 nitrogen and oxygen atoms in total. The van der Waals surface area contributed by atoms with E-state index in [1.54, 1.807) is 8.87 Å². The Kier molecular flexibility index (Phi) is 10.1. The third-order valence-corrected chi connectivity index (χ3v) is 26.0. The van der Waals surface area contributed by atoms with Crippen molar-refractivity contribution in [1.29, 1.82) is 0 Å². The minimum atomic E-state index is -1.90. The van der Waals surface area contributed by atoms with E-state index in [9.17, 15) is 0 Å². The van der Waals surface area contributed by atoms with Gasteiger partial charge in [-0.2, -0.15) is 0 Å². The van der Waals surface area contributed by atoms with Crippen molar-refractivity contribution in [3.05, 3.63) is 0 Å². The third-order valence-electron chi connectivity index (χ3n) is 5.18. The van der Waals surface area contributed by atoms with Crippen LogP contribution in [0.5, 0.6) is 0 Å². The van der Waals surface area contributed by atoms with E-state index in [0.717, 1.165) is 7.87 Å². The Labute approximate surface area is 115 Å². The first-order valence-corrected chi connectivity index (χ1v) is 15.4. The van der Waals surface area contributed by atoms with E-state index in [-0.39, 0.29) is 0 Å². The van der Waals surface area contributed by atoms with Gasteiger partial charge in [-0.25, -0.2) is 0 Å². The molecular formula is C16H36Sn. The van der Waals surface area contributed by atoms with Crippen LogP contribution in [0.25, 0.3) is 0 Å². The second kappa shape index (κ2) is 9.69. The van der Waals surface area contributed by atoms with Crippen LogP contribution in [0, 0.1) is 0 Å². The molecule has 0 fully saturated rings. The van der Waals surface area contributed by atoms with Gasteiger partial charge in [0, 0.05) is 0 Å². The Morgan fingerprint density at radius 2 is 1.06 bits per heavy atom. The summed E-state index contributed by atoms with van der Waals surface area (Å²) in [5.41, 5.74) is 0. The Morgan fingerprint density at radius 3 is 1.29 bits per heavy atom. The molecule has 17 heavy (non-hydrogen) atoms. The van der Waals surface area contributed by atoms with Crippen LogP contribution in [0.4, 0.5) is 0 Å². The van der Waals surface area contributed by atoms with Crippen molar-refractivity contribution in [2.45, 2.75) is 96.8 Å². The molecule has 0 aliphatic carbocycles. The molecule has 104 valence electrons. The molecule has 0 aromatic rings. The SMILES string of the molecule is CCC[CH2][Sn]([CH2]CCC)([CH](C)CC)[CH](C)CC. The van der Waals surface area contributed by atoms with Gasteiger partial charge in [-0.05, 0) is 0 Å². The van der Waals surface area contributed by atoms with Crippen molar-refractivity contribution in [2.75, 3.05) is 0 Å². The van der Waals surface area contributed by atoms with Crippen molar-refractivity contribution in [1.82, 2.24) is 0 Å². The van der Waals surface area contributed by atoms with E-state index in [4.69, 9.17) is 0 Å². The van der Waals surface area contributed by atoms with Crippen LogP contribution >= 0.6 is 0 Å².